The van der Waals surface area contributed by atoms with E-state index >= 15 is 0 Å². The molecule has 3 rings (SSSR count). The highest BCUT2D eigenvalue weighted by molar-refractivity contribution is 5.89. The molecule has 1 aliphatic carbocycles. The van der Waals surface area contributed by atoms with E-state index in [1.807, 2.05) is 12.1 Å². The molecular weight excluding hydrogens is 266 g/mol. The van der Waals surface area contributed by atoms with Gasteiger partial charge in [-0.05, 0) is 55.9 Å². The summed E-state index contributed by atoms with van der Waals surface area (Å²) in [5.74, 6) is 1.49. The van der Waals surface area contributed by atoms with Crippen molar-refractivity contribution in [3.8, 4) is 5.75 Å². The van der Waals surface area contributed by atoms with Gasteiger partial charge in [0.15, 0.2) is 0 Å². The Labute approximate surface area is 126 Å². The summed E-state index contributed by atoms with van der Waals surface area (Å²) in [6, 6.07) is 7.21. The number of carbonyl (C=O) groups is 1. The maximum absolute atomic E-state index is 11.4. The third-order valence-corrected chi connectivity index (χ3v) is 4.33. The smallest absolute Gasteiger partial charge is 0.337 e. The van der Waals surface area contributed by atoms with Crippen LogP contribution < -0.4 is 4.74 Å². The molecule has 0 N–H and O–H groups in total. The van der Waals surface area contributed by atoms with Gasteiger partial charge in [0.2, 0.25) is 0 Å². The van der Waals surface area contributed by atoms with E-state index in [4.69, 9.17) is 4.74 Å². The molecule has 4 heteroatoms. The topological polar surface area (TPSA) is 38.8 Å². The van der Waals surface area contributed by atoms with Gasteiger partial charge in [0.05, 0.1) is 12.7 Å². The van der Waals surface area contributed by atoms with Crippen LogP contribution in [0.5, 0.6) is 5.75 Å². The first kappa shape index (κ1) is 14.4. The van der Waals surface area contributed by atoms with Crippen LogP contribution in [0.25, 0.3) is 0 Å². The lowest BCUT2D eigenvalue weighted by Gasteiger charge is -2.32. The summed E-state index contributed by atoms with van der Waals surface area (Å²) >= 11 is 0. The van der Waals surface area contributed by atoms with Gasteiger partial charge >= 0.3 is 5.97 Å². The van der Waals surface area contributed by atoms with Crippen molar-refractivity contribution < 1.29 is 14.3 Å². The fourth-order valence-corrected chi connectivity index (χ4v) is 2.86. The lowest BCUT2D eigenvalue weighted by Crippen LogP contribution is -2.39. The molecule has 0 bridgehead atoms. The zero-order valence-electron chi connectivity index (χ0n) is 12.6. The van der Waals surface area contributed by atoms with Crippen LogP contribution in [-0.2, 0) is 4.74 Å². The quantitative estimate of drug-likeness (QED) is 0.781. The zero-order chi connectivity index (χ0) is 14.7. The molecule has 0 atom stereocenters. The Balaban J connectivity index is 1.47. The third-order valence-electron chi connectivity index (χ3n) is 4.33. The molecule has 1 aromatic carbocycles. The summed E-state index contributed by atoms with van der Waals surface area (Å²) in [6.07, 6.45) is 5.31. The van der Waals surface area contributed by atoms with Gasteiger partial charge in [0.1, 0.15) is 11.9 Å². The predicted molar refractivity (Wildman–Crippen MR) is 80.6 cm³/mol. The second-order valence-corrected chi connectivity index (χ2v) is 6.08. The third kappa shape index (κ3) is 3.97. The summed E-state index contributed by atoms with van der Waals surface area (Å²) in [5, 5.41) is 0. The van der Waals surface area contributed by atoms with Gasteiger partial charge in [-0.2, -0.15) is 0 Å². The fourth-order valence-electron chi connectivity index (χ4n) is 2.86. The Morgan fingerprint density at radius 1 is 1.14 bits per heavy atom. The Morgan fingerprint density at radius 3 is 2.38 bits per heavy atom. The molecule has 0 aromatic heterocycles. The summed E-state index contributed by atoms with van der Waals surface area (Å²) in [6.45, 7) is 3.56. The first-order valence-electron chi connectivity index (χ1n) is 7.82. The Bertz CT molecular complexity index is 473. The molecular formula is C17H23NO3. The monoisotopic (exact) mass is 289 g/mol. The first-order valence-corrected chi connectivity index (χ1v) is 7.82. The Hall–Kier alpha value is -1.55. The largest absolute Gasteiger partial charge is 0.490 e. The molecule has 1 saturated carbocycles. The second kappa shape index (κ2) is 6.48. The van der Waals surface area contributed by atoms with Gasteiger partial charge in [-0.1, -0.05) is 0 Å². The number of hydrogen-bond donors (Lipinski definition) is 0. The highest BCUT2D eigenvalue weighted by Gasteiger charge is 2.27. The van der Waals surface area contributed by atoms with Crippen LogP contribution >= 0.6 is 0 Å². The minimum absolute atomic E-state index is 0.296. The van der Waals surface area contributed by atoms with Crippen molar-refractivity contribution in [2.45, 2.75) is 31.8 Å². The second-order valence-electron chi connectivity index (χ2n) is 6.08. The number of methoxy groups -OCH3 is 1. The van der Waals surface area contributed by atoms with Gasteiger partial charge in [-0.15, -0.1) is 0 Å². The standard InChI is InChI=1S/C17H23NO3/c1-20-17(19)14-4-6-15(7-5-14)21-16-8-10-18(11-9-16)12-13-2-3-13/h4-7,13,16H,2-3,8-12H2,1H3. The highest BCUT2D eigenvalue weighted by Crippen LogP contribution is 2.31. The Morgan fingerprint density at radius 2 is 1.81 bits per heavy atom. The van der Waals surface area contributed by atoms with Crippen molar-refractivity contribution in [1.82, 2.24) is 4.90 Å². The van der Waals surface area contributed by atoms with Crippen molar-refractivity contribution in [3.05, 3.63) is 29.8 Å². The minimum Gasteiger partial charge on any atom is -0.490 e. The van der Waals surface area contributed by atoms with E-state index in [2.05, 4.69) is 9.64 Å². The van der Waals surface area contributed by atoms with E-state index in [0.29, 0.717) is 11.7 Å². The van der Waals surface area contributed by atoms with Gasteiger partial charge in [-0.3, -0.25) is 0 Å². The number of piperidine rings is 1. The molecule has 1 heterocycles. The number of esters is 1. The molecule has 0 amide bonds. The minimum atomic E-state index is -0.310. The number of nitrogens with zero attached hydrogens (tertiary/aromatic N) is 1. The number of hydrogen-bond acceptors (Lipinski definition) is 4. The number of ether oxygens (including phenoxy) is 2. The van der Waals surface area contributed by atoms with Crippen LogP contribution in [0.15, 0.2) is 24.3 Å². The average Bonchev–Trinajstić information content (AvgIpc) is 3.33. The molecule has 114 valence electrons. The molecule has 1 aromatic rings. The van der Waals surface area contributed by atoms with Crippen LogP contribution in [0.1, 0.15) is 36.0 Å². The van der Waals surface area contributed by atoms with Gasteiger partial charge < -0.3 is 14.4 Å². The number of carbonyl (C=O) groups excluding carboxylic acids is 1. The molecule has 0 radical (unpaired) electrons. The van der Waals surface area contributed by atoms with Crippen LogP contribution in [0.2, 0.25) is 0 Å². The van der Waals surface area contributed by atoms with E-state index in [-0.39, 0.29) is 5.97 Å². The fraction of sp³-hybridized carbons (Fsp3) is 0.588. The highest BCUT2D eigenvalue weighted by atomic mass is 16.5. The van der Waals surface area contributed by atoms with E-state index in [1.54, 1.807) is 12.1 Å². The average molecular weight is 289 g/mol. The summed E-state index contributed by atoms with van der Waals surface area (Å²) in [5.41, 5.74) is 0.559. The number of rotatable bonds is 5. The molecule has 2 fully saturated rings. The maximum atomic E-state index is 11.4. The number of benzene rings is 1. The molecule has 2 aliphatic rings. The predicted octanol–water partition coefficient (Wildman–Crippen LogP) is 2.73. The van der Waals surface area contributed by atoms with Crippen molar-refractivity contribution in [3.63, 3.8) is 0 Å². The summed E-state index contributed by atoms with van der Waals surface area (Å²) in [7, 11) is 1.39. The lowest BCUT2D eigenvalue weighted by molar-refractivity contribution is 0.0600. The molecule has 0 spiro atoms. The van der Waals surface area contributed by atoms with E-state index in [0.717, 1.165) is 37.6 Å². The van der Waals surface area contributed by atoms with Crippen molar-refractivity contribution in [2.75, 3.05) is 26.7 Å². The van der Waals surface area contributed by atoms with Crippen molar-refractivity contribution in [1.29, 1.82) is 0 Å². The van der Waals surface area contributed by atoms with Crippen molar-refractivity contribution in [2.24, 2.45) is 5.92 Å². The SMILES string of the molecule is COC(=O)c1ccc(OC2CCN(CC3CC3)CC2)cc1. The normalized spacial score (nSPS) is 20.2. The maximum Gasteiger partial charge on any atom is 0.337 e. The summed E-state index contributed by atoms with van der Waals surface area (Å²) < 4.78 is 10.7. The molecule has 1 aliphatic heterocycles. The number of likely N-dealkylation sites (tertiary alicyclic amines) is 1. The molecule has 0 unspecified atom stereocenters. The lowest BCUT2D eigenvalue weighted by atomic mass is 10.1. The summed E-state index contributed by atoms with van der Waals surface area (Å²) in [4.78, 5) is 13.9. The van der Waals surface area contributed by atoms with Crippen molar-refractivity contribution >= 4 is 5.97 Å². The van der Waals surface area contributed by atoms with Crippen LogP contribution in [0, 0.1) is 5.92 Å². The molecule has 4 nitrogen and oxygen atoms in total. The van der Waals surface area contributed by atoms with Gasteiger partial charge in [0.25, 0.3) is 0 Å². The zero-order valence-corrected chi connectivity index (χ0v) is 12.6. The van der Waals surface area contributed by atoms with Crippen LogP contribution in [0.4, 0.5) is 0 Å². The van der Waals surface area contributed by atoms with Crippen LogP contribution in [-0.4, -0.2) is 43.7 Å². The Kier molecular flexibility index (Phi) is 4.44. The van der Waals surface area contributed by atoms with Crippen LogP contribution in [0.3, 0.4) is 0 Å². The van der Waals surface area contributed by atoms with E-state index < -0.39 is 0 Å². The van der Waals surface area contributed by atoms with E-state index in [9.17, 15) is 4.79 Å². The molecule has 21 heavy (non-hydrogen) atoms. The van der Waals surface area contributed by atoms with E-state index in [1.165, 1.54) is 26.5 Å². The first-order chi connectivity index (χ1) is 10.2. The van der Waals surface area contributed by atoms with Gasteiger partial charge in [-0.25, -0.2) is 4.79 Å². The molecule has 1 saturated heterocycles. The van der Waals surface area contributed by atoms with Gasteiger partial charge in [0, 0.05) is 19.6 Å².